The third-order valence-corrected chi connectivity index (χ3v) is 1.28. The standard InChI is InChI=1S/C8H6FNO/c1-10-8-4-3-6(11-2)5-7(8)9/h3-5H,2H3/i1-1. The molecule has 0 aromatic heterocycles. The van der Waals surface area contributed by atoms with Gasteiger partial charge < -0.3 is 4.74 Å². The number of nitrogens with zero attached hydrogens (tertiary/aromatic N) is 1. The molecular formula is C8H6FNO. The summed E-state index contributed by atoms with van der Waals surface area (Å²) >= 11 is 0. The molecular weight excluding hydrogens is 144 g/mol. The molecule has 0 aliphatic heterocycles. The van der Waals surface area contributed by atoms with E-state index in [4.69, 9.17) is 11.3 Å². The first kappa shape index (κ1) is 7.55. The number of hydrogen-bond acceptors (Lipinski definition) is 1. The maximum atomic E-state index is 12.7. The van der Waals surface area contributed by atoms with Crippen molar-refractivity contribution in [3.8, 4) is 5.75 Å². The Bertz CT molecular complexity index is 303. The van der Waals surface area contributed by atoms with Gasteiger partial charge in [0.25, 0.3) is 0 Å². The molecule has 0 heterocycles. The van der Waals surface area contributed by atoms with Crippen molar-refractivity contribution in [1.29, 1.82) is 0 Å². The minimum absolute atomic E-state index is 0.0193. The molecule has 0 fully saturated rings. The SMILES string of the molecule is COc1ccc([N+]#[11C-])c(F)c1. The molecule has 0 spiro atoms. The van der Waals surface area contributed by atoms with Crippen LogP contribution in [0.3, 0.4) is 0 Å². The fourth-order valence-corrected chi connectivity index (χ4v) is 0.705. The van der Waals surface area contributed by atoms with Gasteiger partial charge in [-0.25, -0.2) is 9.24 Å². The summed E-state index contributed by atoms with van der Waals surface area (Å²) in [5.41, 5.74) is 0.0193. The van der Waals surface area contributed by atoms with Crippen LogP contribution in [0.1, 0.15) is 0 Å². The van der Waals surface area contributed by atoms with Crippen LogP contribution in [0.2, 0.25) is 0 Å². The Morgan fingerprint density at radius 2 is 2.27 bits per heavy atom. The third-order valence-electron chi connectivity index (χ3n) is 1.28. The zero-order valence-electron chi connectivity index (χ0n) is 5.97. The van der Waals surface area contributed by atoms with Gasteiger partial charge in [-0.3, -0.25) is 0 Å². The highest BCUT2D eigenvalue weighted by Gasteiger charge is 2.01. The van der Waals surface area contributed by atoms with Gasteiger partial charge in [0.05, 0.1) is 13.7 Å². The van der Waals surface area contributed by atoms with E-state index in [2.05, 4.69) is 4.85 Å². The van der Waals surface area contributed by atoms with E-state index in [9.17, 15) is 4.39 Å². The van der Waals surface area contributed by atoms with Gasteiger partial charge in [0, 0.05) is 6.07 Å². The van der Waals surface area contributed by atoms with E-state index in [1.165, 1.54) is 19.2 Å². The predicted octanol–water partition coefficient (Wildman–Crippen LogP) is 2.39. The Kier molecular flexibility index (Phi) is 2.07. The Balaban J connectivity index is 3.12. The average molecular weight is 150 g/mol. The molecule has 0 saturated carbocycles. The van der Waals surface area contributed by atoms with Crippen molar-refractivity contribution in [1.82, 2.24) is 0 Å². The first-order valence-electron chi connectivity index (χ1n) is 2.99. The maximum Gasteiger partial charge on any atom is 0.222 e. The molecule has 0 atom stereocenters. The summed E-state index contributed by atoms with van der Waals surface area (Å²) in [4.78, 5) is 2.96. The van der Waals surface area contributed by atoms with Crippen molar-refractivity contribution in [3.63, 3.8) is 0 Å². The first-order valence-corrected chi connectivity index (χ1v) is 2.99. The number of hydrogen-bond donors (Lipinski definition) is 0. The Morgan fingerprint density at radius 3 is 2.73 bits per heavy atom. The topological polar surface area (TPSA) is 13.6 Å². The fraction of sp³-hybridized carbons (Fsp3) is 0.125. The minimum atomic E-state index is -0.542. The summed E-state index contributed by atoms with van der Waals surface area (Å²) < 4.78 is 17.5. The summed E-state index contributed by atoms with van der Waals surface area (Å²) in [7, 11) is 1.45. The van der Waals surface area contributed by atoms with Crippen molar-refractivity contribution in [3.05, 3.63) is 35.4 Å². The molecule has 0 amide bonds. The molecule has 56 valence electrons. The lowest BCUT2D eigenvalue weighted by atomic mass is 10.3. The smallest absolute Gasteiger partial charge is 0.222 e. The lowest BCUT2D eigenvalue weighted by molar-refractivity contribution is 0.411. The zero-order valence-corrected chi connectivity index (χ0v) is 5.97. The maximum absolute atomic E-state index is 12.7. The molecule has 0 saturated heterocycles. The van der Waals surface area contributed by atoms with E-state index in [-0.39, 0.29) is 5.69 Å². The van der Waals surface area contributed by atoms with Gasteiger partial charge >= 0.3 is 0 Å². The molecule has 0 radical (unpaired) electrons. The van der Waals surface area contributed by atoms with Crippen LogP contribution in [0.25, 0.3) is 4.85 Å². The van der Waals surface area contributed by atoms with E-state index in [0.29, 0.717) is 5.75 Å². The van der Waals surface area contributed by atoms with Crippen molar-refractivity contribution in [2.24, 2.45) is 0 Å². The summed E-state index contributed by atoms with van der Waals surface area (Å²) in [6.07, 6.45) is 0. The molecule has 1 aromatic rings. The molecule has 11 heavy (non-hydrogen) atoms. The lowest BCUT2D eigenvalue weighted by Crippen LogP contribution is -1.82. The number of ether oxygens (including phenoxy) is 1. The number of methoxy groups -OCH3 is 1. The largest absolute Gasteiger partial charge is 0.497 e. The van der Waals surface area contributed by atoms with Crippen LogP contribution in [-0.2, 0) is 0 Å². The number of halogens is 1. The molecule has 0 unspecified atom stereocenters. The molecule has 0 N–H and O–H groups in total. The van der Waals surface area contributed by atoms with Gasteiger partial charge in [-0.1, -0.05) is 0 Å². The van der Waals surface area contributed by atoms with E-state index in [0.717, 1.165) is 0 Å². The van der Waals surface area contributed by atoms with E-state index in [1.807, 2.05) is 0 Å². The minimum Gasteiger partial charge on any atom is -0.497 e. The summed E-state index contributed by atoms with van der Waals surface area (Å²) in [6.45, 7) is 6.56. The van der Waals surface area contributed by atoms with Gasteiger partial charge in [-0.15, -0.1) is 0 Å². The van der Waals surface area contributed by atoms with Crippen LogP contribution in [0.15, 0.2) is 18.2 Å². The van der Waals surface area contributed by atoms with Crippen LogP contribution in [0.4, 0.5) is 10.1 Å². The van der Waals surface area contributed by atoms with Crippen molar-refractivity contribution < 1.29 is 9.13 Å². The molecule has 1 aromatic carbocycles. The molecule has 1 rings (SSSR count). The molecule has 0 aliphatic carbocycles. The van der Waals surface area contributed by atoms with Crippen molar-refractivity contribution in [2.45, 2.75) is 0 Å². The second kappa shape index (κ2) is 3.02. The van der Waals surface area contributed by atoms with E-state index >= 15 is 0 Å². The quantitative estimate of drug-likeness (QED) is 0.560. The second-order valence-corrected chi connectivity index (χ2v) is 1.93. The molecule has 3 heteroatoms. The molecule has 0 aliphatic rings. The molecule has 0 bridgehead atoms. The summed E-state index contributed by atoms with van der Waals surface area (Å²) in [5.74, 6) is -0.116. The lowest BCUT2D eigenvalue weighted by Gasteiger charge is -1.98. The highest BCUT2D eigenvalue weighted by atomic mass is 19.1. The van der Waals surface area contributed by atoms with Gasteiger partial charge in [0.15, 0.2) is 0 Å². The second-order valence-electron chi connectivity index (χ2n) is 1.93. The average Bonchev–Trinajstić information content (AvgIpc) is 2.04. The van der Waals surface area contributed by atoms with Gasteiger partial charge in [0.1, 0.15) is 11.6 Å². The first-order chi connectivity index (χ1) is 5.27. The number of benzene rings is 1. The van der Waals surface area contributed by atoms with Gasteiger partial charge in [-0.05, 0) is 12.1 Å². The van der Waals surface area contributed by atoms with Crippen molar-refractivity contribution >= 4 is 5.69 Å². The van der Waals surface area contributed by atoms with Crippen LogP contribution in [0, 0.1) is 12.4 Å². The van der Waals surface area contributed by atoms with Crippen LogP contribution >= 0.6 is 0 Å². The normalized spacial score (nSPS) is 8.82. The monoisotopic (exact) mass is 150 g/mol. The van der Waals surface area contributed by atoms with Crippen molar-refractivity contribution in [2.75, 3.05) is 7.11 Å². The van der Waals surface area contributed by atoms with Gasteiger partial charge in [0.2, 0.25) is 5.69 Å². The van der Waals surface area contributed by atoms with Crippen LogP contribution < -0.4 is 4.74 Å². The van der Waals surface area contributed by atoms with Crippen LogP contribution in [-0.4, -0.2) is 7.11 Å². The van der Waals surface area contributed by atoms with Gasteiger partial charge in [-0.2, -0.15) is 0 Å². The number of rotatable bonds is 1. The summed E-state index contributed by atoms with van der Waals surface area (Å²) in [5, 5.41) is 0. The Labute approximate surface area is 64.0 Å². The van der Waals surface area contributed by atoms with E-state index < -0.39 is 5.82 Å². The predicted molar refractivity (Wildman–Crippen MR) is 39.2 cm³/mol. The Hall–Kier alpha value is -1.56. The zero-order chi connectivity index (χ0) is 8.27. The highest BCUT2D eigenvalue weighted by molar-refractivity contribution is 5.48. The third kappa shape index (κ3) is 1.47. The summed E-state index contributed by atoms with van der Waals surface area (Å²) in [6, 6.07) is 4.13. The highest BCUT2D eigenvalue weighted by Crippen LogP contribution is 2.22. The van der Waals surface area contributed by atoms with Crippen LogP contribution in [0.5, 0.6) is 5.75 Å². The Morgan fingerprint density at radius 1 is 1.55 bits per heavy atom. The molecule has 2 nitrogen and oxygen atoms in total. The van der Waals surface area contributed by atoms with E-state index in [1.54, 1.807) is 6.07 Å². The fourth-order valence-electron chi connectivity index (χ4n) is 0.705.